The number of quaternary nitrogens is 1. The molecule has 5 rings (SSSR count). The van der Waals surface area contributed by atoms with E-state index in [1.54, 1.807) is 0 Å². The van der Waals surface area contributed by atoms with E-state index in [0.717, 1.165) is 34.0 Å². The van der Waals surface area contributed by atoms with Crippen molar-refractivity contribution in [2.45, 2.75) is 0 Å². The third-order valence-corrected chi connectivity index (χ3v) is 5.82. The Morgan fingerprint density at radius 2 is 0.927 bits per heavy atom. The first-order chi connectivity index (χ1) is 19.8. The zero-order valence-corrected chi connectivity index (χ0v) is 25.1. The summed E-state index contributed by atoms with van der Waals surface area (Å²) < 4.78 is 2.37. The Morgan fingerprint density at radius 3 is 1.29 bits per heavy atom. The molecule has 208 valence electrons. The summed E-state index contributed by atoms with van der Waals surface area (Å²) in [5, 5.41) is 0. The third-order valence-electron chi connectivity index (χ3n) is 5.82. The van der Waals surface area contributed by atoms with E-state index in [2.05, 4.69) is 149 Å². The second-order valence-electron chi connectivity index (χ2n) is 7.69. The monoisotopic (exact) mass is 712 g/mol. The van der Waals surface area contributed by atoms with Crippen LogP contribution in [0.4, 0.5) is 22.7 Å². The minimum atomic E-state index is 0. The molecule has 4 aromatic carbocycles. The van der Waals surface area contributed by atoms with E-state index in [1.807, 2.05) is 29.0 Å². The topological polar surface area (TPSA) is 72.2 Å². The van der Waals surface area contributed by atoms with Gasteiger partial charge in [0.25, 0.3) is 0 Å². The van der Waals surface area contributed by atoms with Crippen LogP contribution in [0.15, 0.2) is 134 Å². The van der Waals surface area contributed by atoms with Gasteiger partial charge in [-0.3, -0.25) is 27.2 Å². The summed E-state index contributed by atoms with van der Waals surface area (Å²) in [5.41, 5.74) is 6.63. The van der Waals surface area contributed by atoms with Crippen LogP contribution in [0.5, 0.6) is 0 Å². The molecule has 41 heavy (non-hydrogen) atoms. The van der Waals surface area contributed by atoms with E-state index < -0.39 is 0 Å². The maximum Gasteiger partial charge on any atom is 0.148 e. The fraction of sp³-hybridized carbons (Fsp3) is 0. The Hall–Kier alpha value is -4.77. The van der Waals surface area contributed by atoms with Gasteiger partial charge in [0, 0.05) is 76.6 Å². The molecule has 0 saturated carbocycles. The van der Waals surface area contributed by atoms with E-state index in [4.69, 9.17) is 19.2 Å². The van der Waals surface area contributed by atoms with Crippen LogP contribution in [0.2, 0.25) is 0 Å². The van der Waals surface area contributed by atoms with Crippen LogP contribution in [-0.4, -0.2) is 27.2 Å². The van der Waals surface area contributed by atoms with Crippen molar-refractivity contribution in [3.8, 4) is 11.3 Å². The summed E-state index contributed by atoms with van der Waals surface area (Å²) in [6.07, 6.45) is 2.04. The van der Waals surface area contributed by atoms with Crippen molar-refractivity contribution in [2.24, 2.45) is 0 Å². The molecule has 5 aromatic rings. The van der Waals surface area contributed by atoms with Crippen LogP contribution in [0.1, 0.15) is 0 Å². The van der Waals surface area contributed by atoms with E-state index in [0.29, 0.717) is 4.48 Å². The first kappa shape index (κ1) is 36.2. The summed E-state index contributed by atoms with van der Waals surface area (Å²) in [5.74, 6) is 0. The molecule has 0 radical (unpaired) electrons. The maximum atomic E-state index is 7.75. The van der Waals surface area contributed by atoms with Crippen LogP contribution >= 0.6 is 0 Å². The van der Waals surface area contributed by atoms with Crippen molar-refractivity contribution in [3.63, 3.8) is 0 Å². The molecule has 0 spiro atoms. The third kappa shape index (κ3) is 8.36. The second-order valence-corrected chi connectivity index (χ2v) is 7.69. The average molecular weight is 712 g/mol. The Morgan fingerprint density at radius 1 is 0.537 bits per heavy atom. The Bertz CT molecular complexity index is 1290. The van der Waals surface area contributed by atoms with Crippen molar-refractivity contribution in [2.75, 3.05) is 0 Å². The number of carbonyl (C=O) groups excluding carboxylic acids is 4. The fourth-order valence-corrected chi connectivity index (χ4v) is 4.36. The van der Waals surface area contributed by atoms with Gasteiger partial charge in [-0.15, -0.1) is 30.3 Å². The number of aromatic nitrogens is 1. The molecule has 0 amide bonds. The van der Waals surface area contributed by atoms with Gasteiger partial charge in [-0.1, -0.05) is 60.2 Å². The van der Waals surface area contributed by atoms with Crippen LogP contribution < -0.4 is 9.05 Å². The number of benzene rings is 4. The van der Waals surface area contributed by atoms with Gasteiger partial charge < -0.3 is 23.7 Å². The molecule has 0 bridgehead atoms. The SMILES string of the molecule is [CH-]=O.[CH-]=O.[CH-]=O.[CH-]=O.[CH2-][n+]1ccc([N+](c2ccccc2)(c2ccccc2)c2ccccc2)cc1-c1[c-]cccc1.[W]. The zero-order valence-electron chi connectivity index (χ0n) is 22.2. The van der Waals surface area contributed by atoms with Gasteiger partial charge in [0.1, 0.15) is 28.4 Å². The first-order valence-corrected chi connectivity index (χ1v) is 11.6. The van der Waals surface area contributed by atoms with Gasteiger partial charge in [0.05, 0.1) is 6.20 Å². The van der Waals surface area contributed by atoms with Gasteiger partial charge in [0.2, 0.25) is 0 Å². The average Bonchev–Trinajstić information content (AvgIpc) is 3.08. The Balaban J connectivity index is 0.00000164. The summed E-state index contributed by atoms with van der Waals surface area (Å²) >= 11 is 0. The summed E-state index contributed by atoms with van der Waals surface area (Å²) in [7, 11) is 4.23. The van der Waals surface area contributed by atoms with Crippen molar-refractivity contribution < 1.29 is 44.8 Å². The Labute approximate surface area is 256 Å². The molecule has 0 saturated heterocycles. The molecule has 7 heteroatoms. The molecule has 0 aliphatic heterocycles. The molecular formula is C34H28N2O4W-4. The maximum absolute atomic E-state index is 7.75. The standard InChI is InChI=1S/C30H24N2.4CHO.W/c1-31-23-22-29(24-30(31)25-14-6-2-7-15-25)32(26-16-8-3-9-17-26,27-18-10-4-11-19-27)28-20-12-5-13-21-28;4*1-2;/h2-14,16-24H,1H2;4*1H;/q;4*-1;. The summed E-state index contributed by atoms with van der Waals surface area (Å²) in [6, 6.07) is 47.7. The summed E-state index contributed by atoms with van der Waals surface area (Å²) in [6.45, 7) is 13.0. The predicted molar refractivity (Wildman–Crippen MR) is 159 cm³/mol. The zero-order chi connectivity index (χ0) is 29.8. The van der Waals surface area contributed by atoms with Gasteiger partial charge in [0.15, 0.2) is 0 Å². The summed E-state index contributed by atoms with van der Waals surface area (Å²) in [4.78, 5) is 31.0. The number of hydrogen-bond donors (Lipinski definition) is 0. The van der Waals surface area contributed by atoms with Crippen LogP contribution in [-0.2, 0) is 40.2 Å². The van der Waals surface area contributed by atoms with E-state index in [9.17, 15) is 0 Å². The van der Waals surface area contributed by atoms with Crippen molar-refractivity contribution in [1.29, 1.82) is 0 Å². The van der Waals surface area contributed by atoms with Gasteiger partial charge in [-0.25, -0.2) is 0 Å². The molecule has 1 heterocycles. The van der Waals surface area contributed by atoms with Crippen molar-refractivity contribution >= 4 is 49.9 Å². The van der Waals surface area contributed by atoms with Crippen LogP contribution in [0.3, 0.4) is 0 Å². The Kier molecular flexibility index (Phi) is 17.8. The smallest absolute Gasteiger partial charge is 0.148 e. The molecule has 0 atom stereocenters. The van der Waals surface area contributed by atoms with E-state index in [1.165, 1.54) is 0 Å². The van der Waals surface area contributed by atoms with Gasteiger partial charge >= 0.3 is 0 Å². The van der Waals surface area contributed by atoms with Gasteiger partial charge in [-0.2, -0.15) is 4.48 Å². The number of nitrogens with zero attached hydrogens (tertiary/aromatic N) is 2. The quantitative estimate of drug-likeness (QED) is 0.0931. The molecule has 0 aliphatic rings. The normalized spacial score (nSPS) is 9.17. The fourth-order valence-electron chi connectivity index (χ4n) is 4.36. The van der Waals surface area contributed by atoms with Crippen molar-refractivity contribution in [1.82, 2.24) is 4.48 Å². The minimum absolute atomic E-state index is 0. The molecule has 0 aliphatic carbocycles. The second kappa shape index (κ2) is 20.2. The molecule has 1 aromatic heterocycles. The molecule has 6 nitrogen and oxygen atoms in total. The molecule has 0 N–H and O–H groups in total. The molecular weight excluding hydrogens is 684 g/mol. The molecule has 0 fully saturated rings. The number of rotatable bonds is 5. The van der Waals surface area contributed by atoms with Gasteiger partial charge in [-0.05, 0) is 0 Å². The predicted octanol–water partition coefficient (Wildman–Crippen LogP) is 6.28. The van der Waals surface area contributed by atoms with Crippen molar-refractivity contribution in [3.05, 3.63) is 147 Å². The van der Waals surface area contributed by atoms with E-state index in [-0.39, 0.29) is 21.1 Å². The first-order valence-electron chi connectivity index (χ1n) is 11.6. The minimum Gasteiger partial charge on any atom is -0.545 e. The largest absolute Gasteiger partial charge is 0.545 e. The van der Waals surface area contributed by atoms with Crippen LogP contribution in [0, 0.1) is 13.1 Å². The number of pyridine rings is 1. The van der Waals surface area contributed by atoms with Crippen LogP contribution in [0.25, 0.3) is 11.3 Å². The number of para-hydroxylation sites is 3. The van der Waals surface area contributed by atoms with E-state index >= 15 is 0 Å². The number of hydrogen-bond acceptors (Lipinski definition) is 4. The molecule has 0 unspecified atom stereocenters.